The zero-order chi connectivity index (χ0) is 15.1. The summed E-state index contributed by atoms with van der Waals surface area (Å²) in [7, 11) is 0. The molecule has 4 nitrogen and oxygen atoms in total. The third kappa shape index (κ3) is 2.30. The van der Waals surface area contributed by atoms with Crippen molar-refractivity contribution in [3.8, 4) is 11.5 Å². The molecule has 0 unspecified atom stereocenters. The van der Waals surface area contributed by atoms with E-state index in [0.717, 1.165) is 22.7 Å². The predicted octanol–water partition coefficient (Wildman–Crippen LogP) is 3.85. The predicted molar refractivity (Wildman–Crippen MR) is 86.7 cm³/mol. The summed E-state index contributed by atoms with van der Waals surface area (Å²) in [5.74, 6) is 2.03. The lowest BCUT2D eigenvalue weighted by atomic mass is 10.1. The minimum absolute atomic E-state index is 0.0665. The highest BCUT2D eigenvalue weighted by atomic mass is 35.5. The molecule has 1 fully saturated rings. The third-order valence-electron chi connectivity index (χ3n) is 3.65. The average Bonchev–Trinajstić information content (AvgIpc) is 3.14. The lowest BCUT2D eigenvalue weighted by Gasteiger charge is -2.24. The van der Waals surface area contributed by atoms with Crippen LogP contribution in [-0.2, 0) is 4.79 Å². The van der Waals surface area contributed by atoms with Gasteiger partial charge in [0.25, 0.3) is 0 Å². The van der Waals surface area contributed by atoms with E-state index >= 15 is 0 Å². The van der Waals surface area contributed by atoms with E-state index < -0.39 is 0 Å². The Morgan fingerprint density at radius 1 is 1.09 bits per heavy atom. The second-order valence-electron chi connectivity index (χ2n) is 5.02. The van der Waals surface area contributed by atoms with Crippen molar-refractivity contribution < 1.29 is 14.3 Å². The fourth-order valence-corrected chi connectivity index (χ4v) is 3.91. The van der Waals surface area contributed by atoms with Crippen molar-refractivity contribution in [3.05, 3.63) is 53.1 Å². The van der Waals surface area contributed by atoms with E-state index in [9.17, 15) is 4.79 Å². The van der Waals surface area contributed by atoms with Crippen molar-refractivity contribution in [2.45, 2.75) is 5.37 Å². The van der Waals surface area contributed by atoms with Gasteiger partial charge in [-0.25, -0.2) is 0 Å². The molecule has 0 aliphatic carbocycles. The van der Waals surface area contributed by atoms with Gasteiger partial charge in [-0.2, -0.15) is 0 Å². The summed E-state index contributed by atoms with van der Waals surface area (Å²) in [6.07, 6.45) is 0. The molecule has 112 valence electrons. The van der Waals surface area contributed by atoms with Crippen LogP contribution >= 0.6 is 23.4 Å². The molecular weight excluding hydrogens is 322 g/mol. The molecule has 1 amide bonds. The summed E-state index contributed by atoms with van der Waals surface area (Å²) in [5.41, 5.74) is 1.87. The number of benzene rings is 2. The molecule has 2 aromatic carbocycles. The van der Waals surface area contributed by atoms with Gasteiger partial charge in [-0.3, -0.25) is 9.69 Å². The molecule has 2 heterocycles. The molecular formula is C16H12ClNO3S. The highest BCUT2D eigenvalue weighted by Gasteiger charge is 2.34. The standard InChI is InChI=1S/C16H12ClNO3S/c17-11-2-4-12(5-3-11)18-15(19)8-22-16(18)10-1-6-13-14(7-10)21-9-20-13/h1-7,16H,8-9H2/t16-/m0/s1. The zero-order valence-corrected chi connectivity index (χ0v) is 13.1. The molecule has 22 heavy (non-hydrogen) atoms. The van der Waals surface area contributed by atoms with Crippen LogP contribution in [0, 0.1) is 0 Å². The van der Waals surface area contributed by atoms with Crippen LogP contribution in [0.4, 0.5) is 5.69 Å². The molecule has 1 atom stereocenters. The molecule has 2 aliphatic rings. The van der Waals surface area contributed by atoms with Crippen LogP contribution in [0.25, 0.3) is 0 Å². The van der Waals surface area contributed by atoms with Gasteiger partial charge in [0, 0.05) is 10.7 Å². The van der Waals surface area contributed by atoms with Crippen molar-refractivity contribution in [2.24, 2.45) is 0 Å². The maximum atomic E-state index is 12.3. The summed E-state index contributed by atoms with van der Waals surface area (Å²) in [6.45, 7) is 0.246. The van der Waals surface area contributed by atoms with E-state index in [1.54, 1.807) is 28.8 Å². The number of nitrogens with zero attached hydrogens (tertiary/aromatic N) is 1. The number of hydrogen-bond acceptors (Lipinski definition) is 4. The van der Waals surface area contributed by atoms with Gasteiger partial charge in [-0.05, 0) is 42.0 Å². The summed E-state index contributed by atoms with van der Waals surface area (Å²) in [5, 5.41) is 0.589. The number of anilines is 1. The van der Waals surface area contributed by atoms with Crippen LogP contribution in [0.3, 0.4) is 0 Å². The third-order valence-corrected chi connectivity index (χ3v) is 5.12. The molecule has 0 radical (unpaired) electrons. The molecule has 1 saturated heterocycles. The Kier molecular flexibility index (Phi) is 3.39. The molecule has 2 aromatic rings. The van der Waals surface area contributed by atoms with Crippen LogP contribution in [0.1, 0.15) is 10.9 Å². The second-order valence-corrected chi connectivity index (χ2v) is 6.52. The number of hydrogen-bond donors (Lipinski definition) is 0. The number of amides is 1. The van der Waals surface area contributed by atoms with Gasteiger partial charge in [-0.15, -0.1) is 11.8 Å². The average molecular weight is 334 g/mol. The Balaban J connectivity index is 1.71. The first-order valence-corrected chi connectivity index (χ1v) is 8.24. The van der Waals surface area contributed by atoms with Crippen molar-refractivity contribution in [2.75, 3.05) is 17.4 Å². The number of rotatable bonds is 2. The number of fused-ring (bicyclic) bond motifs is 1. The number of carbonyl (C=O) groups is 1. The summed E-state index contributed by atoms with van der Waals surface area (Å²) in [6, 6.07) is 13.1. The van der Waals surface area contributed by atoms with E-state index in [1.807, 2.05) is 30.3 Å². The molecule has 0 aromatic heterocycles. The number of carbonyl (C=O) groups excluding carboxylic acids is 1. The topological polar surface area (TPSA) is 38.8 Å². The fourth-order valence-electron chi connectivity index (χ4n) is 2.62. The first-order valence-electron chi connectivity index (χ1n) is 6.81. The molecule has 4 rings (SSSR count). The zero-order valence-electron chi connectivity index (χ0n) is 11.5. The first-order chi connectivity index (χ1) is 10.7. The lowest BCUT2D eigenvalue weighted by Crippen LogP contribution is -2.27. The van der Waals surface area contributed by atoms with Crippen molar-refractivity contribution in [3.63, 3.8) is 0 Å². The highest BCUT2D eigenvalue weighted by Crippen LogP contribution is 2.44. The first kappa shape index (κ1) is 13.8. The Bertz CT molecular complexity index is 735. The Hall–Kier alpha value is -1.85. The Morgan fingerprint density at radius 2 is 1.86 bits per heavy atom. The maximum absolute atomic E-state index is 12.3. The molecule has 0 bridgehead atoms. The van der Waals surface area contributed by atoms with Crippen molar-refractivity contribution in [1.82, 2.24) is 0 Å². The maximum Gasteiger partial charge on any atom is 0.238 e. The Morgan fingerprint density at radius 3 is 2.68 bits per heavy atom. The number of ether oxygens (including phenoxy) is 2. The molecule has 0 spiro atoms. The highest BCUT2D eigenvalue weighted by molar-refractivity contribution is 8.00. The van der Waals surface area contributed by atoms with Gasteiger partial charge in [0.2, 0.25) is 12.7 Å². The molecule has 0 saturated carbocycles. The van der Waals surface area contributed by atoms with Gasteiger partial charge in [-0.1, -0.05) is 17.7 Å². The van der Waals surface area contributed by atoms with Gasteiger partial charge in [0.05, 0.1) is 5.75 Å². The lowest BCUT2D eigenvalue weighted by molar-refractivity contribution is -0.115. The smallest absolute Gasteiger partial charge is 0.238 e. The Labute approximate surface area is 137 Å². The normalized spacial score (nSPS) is 19.8. The van der Waals surface area contributed by atoms with E-state index in [0.29, 0.717) is 10.8 Å². The van der Waals surface area contributed by atoms with Crippen LogP contribution in [0.15, 0.2) is 42.5 Å². The molecule has 6 heteroatoms. The van der Waals surface area contributed by atoms with E-state index in [2.05, 4.69) is 0 Å². The van der Waals surface area contributed by atoms with Gasteiger partial charge in [0.1, 0.15) is 5.37 Å². The number of thioether (sulfide) groups is 1. The van der Waals surface area contributed by atoms with E-state index in [-0.39, 0.29) is 18.1 Å². The summed E-state index contributed by atoms with van der Waals surface area (Å²) < 4.78 is 10.8. The minimum atomic E-state index is -0.0665. The van der Waals surface area contributed by atoms with Gasteiger partial charge in [0.15, 0.2) is 11.5 Å². The monoisotopic (exact) mass is 333 g/mol. The fraction of sp³-hybridized carbons (Fsp3) is 0.188. The summed E-state index contributed by atoms with van der Waals surface area (Å²) in [4.78, 5) is 14.1. The van der Waals surface area contributed by atoms with Gasteiger partial charge < -0.3 is 9.47 Å². The van der Waals surface area contributed by atoms with E-state index in [4.69, 9.17) is 21.1 Å². The molecule has 2 aliphatic heterocycles. The van der Waals surface area contributed by atoms with Crippen LogP contribution in [0.2, 0.25) is 5.02 Å². The van der Waals surface area contributed by atoms with Gasteiger partial charge >= 0.3 is 0 Å². The molecule has 0 N–H and O–H groups in total. The quantitative estimate of drug-likeness (QED) is 0.837. The van der Waals surface area contributed by atoms with E-state index in [1.165, 1.54) is 0 Å². The minimum Gasteiger partial charge on any atom is -0.454 e. The van der Waals surface area contributed by atoms with Crippen LogP contribution in [0.5, 0.6) is 11.5 Å². The summed E-state index contributed by atoms with van der Waals surface area (Å²) >= 11 is 7.54. The van der Waals surface area contributed by atoms with Crippen LogP contribution in [-0.4, -0.2) is 18.5 Å². The SMILES string of the molecule is O=C1CS[C@@H](c2ccc3c(c2)OCO3)N1c1ccc(Cl)cc1. The van der Waals surface area contributed by atoms with Crippen LogP contribution < -0.4 is 14.4 Å². The number of halogens is 1. The van der Waals surface area contributed by atoms with Crippen molar-refractivity contribution >= 4 is 35.0 Å². The largest absolute Gasteiger partial charge is 0.454 e. The second kappa shape index (κ2) is 5.41. The van der Waals surface area contributed by atoms with Crippen molar-refractivity contribution in [1.29, 1.82) is 0 Å².